The van der Waals surface area contributed by atoms with Gasteiger partial charge in [0.2, 0.25) is 0 Å². The first-order chi connectivity index (χ1) is 10.5. The molecule has 112 valence electrons. The van der Waals surface area contributed by atoms with Gasteiger partial charge in [-0.2, -0.15) is 0 Å². The third kappa shape index (κ3) is 2.65. The molecule has 0 atom stereocenters. The number of carbonyl (C=O) groups excluding carboxylic acids is 1. The lowest BCUT2D eigenvalue weighted by atomic mass is 10.2. The zero-order chi connectivity index (χ0) is 15.9. The van der Waals surface area contributed by atoms with Crippen LogP contribution in [0.5, 0.6) is 0 Å². The summed E-state index contributed by atoms with van der Waals surface area (Å²) in [5.41, 5.74) is 4.58. The summed E-state index contributed by atoms with van der Waals surface area (Å²) in [5, 5.41) is 6.46. The molecule has 4 nitrogen and oxygen atoms in total. The molecule has 2 N–H and O–H groups in total. The molecular weight excluding hydrogens is 318 g/mol. The summed E-state index contributed by atoms with van der Waals surface area (Å²) in [4.78, 5) is 11.7. The summed E-state index contributed by atoms with van der Waals surface area (Å²) in [6.45, 7) is 4.04. The van der Waals surface area contributed by atoms with Crippen LogP contribution >= 0.6 is 23.8 Å². The molecule has 0 radical (unpaired) electrons. The smallest absolute Gasteiger partial charge is 0.273 e. The van der Waals surface area contributed by atoms with Gasteiger partial charge in [0.05, 0.1) is 0 Å². The van der Waals surface area contributed by atoms with Crippen LogP contribution in [0, 0.1) is 13.8 Å². The van der Waals surface area contributed by atoms with E-state index in [2.05, 4.69) is 15.2 Å². The number of aromatic nitrogens is 1. The van der Waals surface area contributed by atoms with Crippen molar-refractivity contribution in [3.63, 3.8) is 0 Å². The largest absolute Gasteiger partial charge is 0.328 e. The zero-order valence-electron chi connectivity index (χ0n) is 12.1. The molecule has 0 spiro atoms. The Bertz CT molecular complexity index is 806. The van der Waals surface area contributed by atoms with Gasteiger partial charge in [-0.3, -0.25) is 10.1 Å². The van der Waals surface area contributed by atoms with E-state index in [0.717, 1.165) is 22.6 Å². The van der Waals surface area contributed by atoms with Crippen molar-refractivity contribution in [2.75, 3.05) is 0 Å². The fourth-order valence-electron chi connectivity index (χ4n) is 2.56. The molecular formula is C16H14ClN3OS. The fourth-order valence-corrected chi connectivity index (χ4v) is 2.89. The van der Waals surface area contributed by atoms with E-state index in [9.17, 15) is 4.79 Å². The monoisotopic (exact) mass is 331 g/mol. The molecule has 0 saturated carbocycles. The second kappa shape index (κ2) is 5.59. The molecule has 1 fully saturated rings. The zero-order valence-corrected chi connectivity index (χ0v) is 13.7. The molecule has 2 aromatic rings. The van der Waals surface area contributed by atoms with Crippen LogP contribution in [0.1, 0.15) is 17.0 Å². The molecule has 1 amide bonds. The van der Waals surface area contributed by atoms with Crippen LogP contribution in [0.15, 0.2) is 36.0 Å². The maximum Gasteiger partial charge on any atom is 0.273 e. The van der Waals surface area contributed by atoms with Gasteiger partial charge in [-0.25, -0.2) is 0 Å². The van der Waals surface area contributed by atoms with E-state index in [1.54, 1.807) is 0 Å². The summed E-state index contributed by atoms with van der Waals surface area (Å²) >= 11 is 10.9. The molecule has 1 aliphatic rings. The SMILES string of the molecule is Cc1cc(/C=C2/NC(=S)NC2=O)c(C)n1-c1ccc(Cl)cc1. The highest BCUT2D eigenvalue weighted by molar-refractivity contribution is 7.80. The third-order valence-corrected chi connectivity index (χ3v) is 4.03. The minimum Gasteiger partial charge on any atom is -0.328 e. The van der Waals surface area contributed by atoms with E-state index in [1.165, 1.54) is 0 Å². The Morgan fingerprint density at radius 2 is 1.86 bits per heavy atom. The van der Waals surface area contributed by atoms with Gasteiger partial charge in [0.15, 0.2) is 5.11 Å². The maximum absolute atomic E-state index is 11.7. The van der Waals surface area contributed by atoms with Crippen LogP contribution in [-0.4, -0.2) is 15.6 Å². The molecule has 0 bridgehead atoms. The molecule has 1 aromatic carbocycles. The number of rotatable bonds is 2. The second-order valence-electron chi connectivity index (χ2n) is 5.10. The molecule has 6 heteroatoms. The lowest BCUT2D eigenvalue weighted by Gasteiger charge is -2.09. The van der Waals surface area contributed by atoms with Gasteiger partial charge in [0, 0.05) is 22.1 Å². The van der Waals surface area contributed by atoms with Crippen molar-refractivity contribution in [2.45, 2.75) is 13.8 Å². The van der Waals surface area contributed by atoms with Crippen molar-refractivity contribution in [2.24, 2.45) is 0 Å². The van der Waals surface area contributed by atoms with Gasteiger partial charge in [0.1, 0.15) is 5.70 Å². The minimum atomic E-state index is -0.207. The van der Waals surface area contributed by atoms with Crippen molar-refractivity contribution >= 4 is 40.9 Å². The van der Waals surface area contributed by atoms with Gasteiger partial charge in [-0.1, -0.05) is 11.6 Å². The lowest BCUT2D eigenvalue weighted by molar-refractivity contribution is -0.115. The average molecular weight is 332 g/mol. The number of amides is 1. The first kappa shape index (κ1) is 14.8. The van der Waals surface area contributed by atoms with Crippen LogP contribution in [0.25, 0.3) is 11.8 Å². The molecule has 2 heterocycles. The Balaban J connectivity index is 2.04. The standard InChI is InChI=1S/C16H14ClN3OS/c1-9-7-11(8-14-15(21)19-16(22)18-14)10(2)20(9)13-5-3-12(17)4-6-13/h3-8H,1-2H3,(H2,18,19,21,22)/b14-8+. The van der Waals surface area contributed by atoms with E-state index in [-0.39, 0.29) is 5.91 Å². The summed E-state index contributed by atoms with van der Waals surface area (Å²) in [6, 6.07) is 9.69. The summed E-state index contributed by atoms with van der Waals surface area (Å²) < 4.78 is 2.12. The van der Waals surface area contributed by atoms with Gasteiger partial charge in [0.25, 0.3) is 5.91 Å². The number of thiocarbonyl (C=S) groups is 1. The van der Waals surface area contributed by atoms with Crippen molar-refractivity contribution < 1.29 is 4.79 Å². The summed E-state index contributed by atoms with van der Waals surface area (Å²) in [5.74, 6) is -0.207. The van der Waals surface area contributed by atoms with Crippen LogP contribution < -0.4 is 10.6 Å². The Hall–Kier alpha value is -2.11. The van der Waals surface area contributed by atoms with E-state index in [1.807, 2.05) is 50.3 Å². The van der Waals surface area contributed by atoms with Crippen LogP contribution in [0.3, 0.4) is 0 Å². The number of halogens is 1. The molecule has 0 aliphatic carbocycles. The van der Waals surface area contributed by atoms with E-state index >= 15 is 0 Å². The van der Waals surface area contributed by atoms with Crippen molar-refractivity contribution in [3.8, 4) is 5.69 Å². The number of aryl methyl sites for hydroxylation is 1. The third-order valence-electron chi connectivity index (χ3n) is 3.57. The molecule has 22 heavy (non-hydrogen) atoms. The Labute approximate surface area is 138 Å². The van der Waals surface area contributed by atoms with Gasteiger partial charge in [-0.15, -0.1) is 0 Å². The summed E-state index contributed by atoms with van der Waals surface area (Å²) in [6.07, 6.45) is 1.81. The number of carbonyl (C=O) groups is 1. The van der Waals surface area contributed by atoms with E-state index in [4.69, 9.17) is 23.8 Å². The van der Waals surface area contributed by atoms with E-state index in [0.29, 0.717) is 15.8 Å². The Morgan fingerprint density at radius 1 is 1.18 bits per heavy atom. The van der Waals surface area contributed by atoms with Crippen molar-refractivity contribution in [3.05, 3.63) is 58.0 Å². The lowest BCUT2D eigenvalue weighted by Crippen LogP contribution is -2.21. The highest BCUT2D eigenvalue weighted by Gasteiger charge is 2.21. The van der Waals surface area contributed by atoms with E-state index < -0.39 is 0 Å². The highest BCUT2D eigenvalue weighted by Crippen LogP contribution is 2.24. The average Bonchev–Trinajstić information content (AvgIpc) is 2.92. The summed E-state index contributed by atoms with van der Waals surface area (Å²) in [7, 11) is 0. The topological polar surface area (TPSA) is 46.1 Å². The van der Waals surface area contributed by atoms with Crippen molar-refractivity contribution in [1.29, 1.82) is 0 Å². The first-order valence-corrected chi connectivity index (χ1v) is 7.53. The first-order valence-electron chi connectivity index (χ1n) is 6.74. The van der Waals surface area contributed by atoms with Crippen LogP contribution in [0.4, 0.5) is 0 Å². The predicted molar refractivity (Wildman–Crippen MR) is 92.1 cm³/mol. The highest BCUT2D eigenvalue weighted by atomic mass is 35.5. The number of hydrogen-bond donors (Lipinski definition) is 2. The molecule has 1 saturated heterocycles. The number of benzene rings is 1. The second-order valence-corrected chi connectivity index (χ2v) is 5.95. The number of nitrogens with one attached hydrogen (secondary N) is 2. The molecule has 3 rings (SSSR count). The van der Waals surface area contributed by atoms with Gasteiger partial charge < -0.3 is 9.88 Å². The van der Waals surface area contributed by atoms with Crippen LogP contribution in [-0.2, 0) is 4.79 Å². The Morgan fingerprint density at radius 3 is 2.45 bits per heavy atom. The van der Waals surface area contributed by atoms with Crippen molar-refractivity contribution in [1.82, 2.24) is 15.2 Å². The predicted octanol–water partition coefficient (Wildman–Crippen LogP) is 3.09. The van der Waals surface area contributed by atoms with Crippen LogP contribution in [0.2, 0.25) is 5.02 Å². The fraction of sp³-hybridized carbons (Fsp3) is 0.125. The van der Waals surface area contributed by atoms with Gasteiger partial charge in [-0.05, 0) is 68.0 Å². The maximum atomic E-state index is 11.7. The Kier molecular flexibility index (Phi) is 3.76. The number of hydrogen-bond acceptors (Lipinski definition) is 2. The minimum absolute atomic E-state index is 0.207. The quantitative estimate of drug-likeness (QED) is 0.656. The number of nitrogens with zero attached hydrogens (tertiary/aromatic N) is 1. The molecule has 1 aliphatic heterocycles. The molecule has 0 unspecified atom stereocenters. The normalized spacial score (nSPS) is 16.0. The van der Waals surface area contributed by atoms with Gasteiger partial charge >= 0.3 is 0 Å². The molecule has 1 aromatic heterocycles.